The van der Waals surface area contributed by atoms with Crippen molar-refractivity contribution < 1.29 is 4.74 Å². The summed E-state index contributed by atoms with van der Waals surface area (Å²) in [7, 11) is 0. The monoisotopic (exact) mass is 305 g/mol. The van der Waals surface area contributed by atoms with Crippen LogP contribution in [0.3, 0.4) is 0 Å². The molecule has 0 fully saturated rings. The average molecular weight is 306 g/mol. The van der Waals surface area contributed by atoms with Crippen molar-refractivity contribution in [3.05, 3.63) is 57.6 Å². The van der Waals surface area contributed by atoms with Crippen molar-refractivity contribution >= 4 is 21.6 Å². The maximum atomic E-state index is 5.90. The number of hydrogen-bond donors (Lipinski definition) is 1. The van der Waals surface area contributed by atoms with E-state index in [0.717, 1.165) is 32.6 Å². The number of nitrogen functional groups attached to an aromatic ring is 1. The summed E-state index contributed by atoms with van der Waals surface area (Å²) < 4.78 is 6.97. The fraction of sp³-hybridized carbons (Fsp3) is 0.200. The molecule has 0 atom stereocenters. The second-order valence-electron chi connectivity index (χ2n) is 4.36. The quantitative estimate of drug-likeness (QED) is 0.861. The lowest BCUT2D eigenvalue weighted by molar-refractivity contribution is 0.301. The third-order valence-corrected chi connectivity index (χ3v) is 3.59. The molecule has 18 heavy (non-hydrogen) atoms. The number of benzene rings is 2. The molecule has 0 heterocycles. The van der Waals surface area contributed by atoms with Crippen LogP contribution in [-0.4, -0.2) is 0 Å². The normalized spacial score (nSPS) is 10.4. The van der Waals surface area contributed by atoms with E-state index >= 15 is 0 Å². The zero-order valence-corrected chi connectivity index (χ0v) is 12.1. The van der Waals surface area contributed by atoms with E-state index in [-0.39, 0.29) is 0 Å². The highest BCUT2D eigenvalue weighted by molar-refractivity contribution is 9.10. The van der Waals surface area contributed by atoms with Crippen LogP contribution in [0.4, 0.5) is 5.69 Å². The van der Waals surface area contributed by atoms with Crippen molar-refractivity contribution in [2.24, 2.45) is 0 Å². The smallest absolute Gasteiger partial charge is 0.125 e. The molecule has 2 aromatic carbocycles. The molecule has 2 aromatic rings. The molecule has 0 aliphatic heterocycles. The summed E-state index contributed by atoms with van der Waals surface area (Å²) in [5.74, 6) is 0.917. The highest BCUT2D eigenvalue weighted by atomic mass is 79.9. The maximum absolute atomic E-state index is 5.90. The lowest BCUT2D eigenvalue weighted by Crippen LogP contribution is -2.00. The van der Waals surface area contributed by atoms with Crippen LogP contribution < -0.4 is 10.5 Å². The minimum atomic E-state index is 0.549. The van der Waals surface area contributed by atoms with Crippen molar-refractivity contribution in [3.63, 3.8) is 0 Å². The van der Waals surface area contributed by atoms with Gasteiger partial charge in [-0.1, -0.05) is 34.1 Å². The number of aryl methyl sites for hydroxylation is 2. The van der Waals surface area contributed by atoms with Crippen molar-refractivity contribution in [2.75, 3.05) is 5.73 Å². The van der Waals surface area contributed by atoms with E-state index in [4.69, 9.17) is 10.5 Å². The Kier molecular flexibility index (Phi) is 3.92. The largest absolute Gasteiger partial charge is 0.488 e. The second-order valence-corrected chi connectivity index (χ2v) is 5.22. The van der Waals surface area contributed by atoms with Gasteiger partial charge in [-0.05, 0) is 43.2 Å². The van der Waals surface area contributed by atoms with Crippen LogP contribution in [0.2, 0.25) is 0 Å². The summed E-state index contributed by atoms with van der Waals surface area (Å²) in [6.45, 7) is 4.57. The predicted molar refractivity (Wildman–Crippen MR) is 78.8 cm³/mol. The van der Waals surface area contributed by atoms with Gasteiger partial charge in [0.2, 0.25) is 0 Å². The number of hydrogen-bond acceptors (Lipinski definition) is 2. The van der Waals surface area contributed by atoms with Gasteiger partial charge in [0.1, 0.15) is 12.4 Å². The van der Waals surface area contributed by atoms with Gasteiger partial charge in [-0.25, -0.2) is 0 Å². The van der Waals surface area contributed by atoms with Crippen molar-refractivity contribution in [1.29, 1.82) is 0 Å². The Morgan fingerprint density at radius 2 is 1.72 bits per heavy atom. The Bertz CT molecular complexity index is 543. The van der Waals surface area contributed by atoms with Gasteiger partial charge in [0.05, 0.1) is 0 Å². The topological polar surface area (TPSA) is 35.2 Å². The van der Waals surface area contributed by atoms with Crippen LogP contribution >= 0.6 is 15.9 Å². The van der Waals surface area contributed by atoms with Gasteiger partial charge < -0.3 is 10.5 Å². The first-order valence-electron chi connectivity index (χ1n) is 5.81. The van der Waals surface area contributed by atoms with E-state index in [9.17, 15) is 0 Å². The van der Waals surface area contributed by atoms with Gasteiger partial charge >= 0.3 is 0 Å². The summed E-state index contributed by atoms with van der Waals surface area (Å²) in [6, 6.07) is 11.9. The summed E-state index contributed by atoms with van der Waals surface area (Å²) in [6.07, 6.45) is 0. The lowest BCUT2D eigenvalue weighted by Gasteiger charge is -2.13. The number of halogens is 1. The molecule has 0 aromatic heterocycles. The third-order valence-electron chi connectivity index (χ3n) is 2.81. The van der Waals surface area contributed by atoms with Crippen LogP contribution in [0.15, 0.2) is 40.9 Å². The van der Waals surface area contributed by atoms with Crippen LogP contribution in [0.1, 0.15) is 16.7 Å². The van der Waals surface area contributed by atoms with Crippen molar-refractivity contribution in [3.8, 4) is 5.75 Å². The van der Waals surface area contributed by atoms with Gasteiger partial charge in [-0.2, -0.15) is 0 Å². The summed E-state index contributed by atoms with van der Waals surface area (Å²) in [4.78, 5) is 0. The standard InChI is InChI=1S/C15H16BrNO/c1-10-7-13(17)8-11(2)15(10)18-9-12-5-3-4-6-14(12)16/h3-8H,9,17H2,1-2H3. The summed E-state index contributed by atoms with van der Waals surface area (Å²) >= 11 is 3.52. The Labute approximate surface area is 116 Å². The fourth-order valence-corrected chi connectivity index (χ4v) is 2.38. The maximum Gasteiger partial charge on any atom is 0.125 e. The van der Waals surface area contributed by atoms with Crippen LogP contribution in [-0.2, 0) is 6.61 Å². The molecule has 0 radical (unpaired) electrons. The van der Waals surface area contributed by atoms with E-state index in [1.54, 1.807) is 0 Å². The lowest BCUT2D eigenvalue weighted by atomic mass is 10.1. The molecule has 0 spiro atoms. The Hall–Kier alpha value is -1.48. The molecule has 0 amide bonds. The molecule has 0 aliphatic rings. The summed E-state index contributed by atoms with van der Waals surface area (Å²) in [5, 5.41) is 0. The van der Waals surface area contributed by atoms with E-state index in [2.05, 4.69) is 15.9 Å². The first-order valence-corrected chi connectivity index (χ1v) is 6.60. The molecule has 0 saturated heterocycles. The first-order chi connectivity index (χ1) is 8.58. The average Bonchev–Trinajstić information content (AvgIpc) is 2.30. The highest BCUT2D eigenvalue weighted by Gasteiger charge is 2.06. The number of anilines is 1. The van der Waals surface area contributed by atoms with Crippen LogP contribution in [0.25, 0.3) is 0 Å². The van der Waals surface area contributed by atoms with Gasteiger partial charge in [0.25, 0.3) is 0 Å². The first kappa shape index (κ1) is 13.0. The van der Waals surface area contributed by atoms with Crippen molar-refractivity contribution in [2.45, 2.75) is 20.5 Å². The van der Waals surface area contributed by atoms with Crippen molar-refractivity contribution in [1.82, 2.24) is 0 Å². The summed E-state index contributed by atoms with van der Waals surface area (Å²) in [5.41, 5.74) is 9.84. The minimum Gasteiger partial charge on any atom is -0.488 e. The number of nitrogens with two attached hydrogens (primary N) is 1. The van der Waals surface area contributed by atoms with Gasteiger partial charge in [-0.3, -0.25) is 0 Å². The van der Waals surface area contributed by atoms with Crippen LogP contribution in [0.5, 0.6) is 5.75 Å². The van der Waals surface area contributed by atoms with E-state index < -0.39 is 0 Å². The third kappa shape index (κ3) is 2.85. The van der Waals surface area contributed by atoms with E-state index in [1.165, 1.54) is 0 Å². The molecule has 0 saturated carbocycles. The molecule has 94 valence electrons. The Balaban J connectivity index is 2.19. The predicted octanol–water partition coefficient (Wildman–Crippen LogP) is 4.23. The second kappa shape index (κ2) is 5.44. The minimum absolute atomic E-state index is 0.549. The zero-order chi connectivity index (χ0) is 13.1. The SMILES string of the molecule is Cc1cc(N)cc(C)c1OCc1ccccc1Br. The number of rotatable bonds is 3. The molecular weight excluding hydrogens is 290 g/mol. The van der Waals surface area contributed by atoms with Gasteiger partial charge in [-0.15, -0.1) is 0 Å². The van der Waals surface area contributed by atoms with Gasteiger partial charge in [0, 0.05) is 15.7 Å². The molecule has 2 N–H and O–H groups in total. The van der Waals surface area contributed by atoms with E-state index in [1.807, 2.05) is 50.2 Å². The molecule has 3 heteroatoms. The molecule has 2 rings (SSSR count). The van der Waals surface area contributed by atoms with E-state index in [0.29, 0.717) is 6.61 Å². The molecular formula is C15H16BrNO. The molecule has 0 unspecified atom stereocenters. The molecule has 0 bridgehead atoms. The number of ether oxygens (including phenoxy) is 1. The van der Waals surface area contributed by atoms with Crippen LogP contribution in [0, 0.1) is 13.8 Å². The Morgan fingerprint density at radius 1 is 1.11 bits per heavy atom. The Morgan fingerprint density at radius 3 is 2.33 bits per heavy atom. The van der Waals surface area contributed by atoms with Gasteiger partial charge in [0.15, 0.2) is 0 Å². The molecule has 0 aliphatic carbocycles. The fourth-order valence-electron chi connectivity index (χ4n) is 1.98. The molecule has 2 nitrogen and oxygen atoms in total. The zero-order valence-electron chi connectivity index (χ0n) is 10.5. The highest BCUT2D eigenvalue weighted by Crippen LogP contribution is 2.27.